The third-order valence-corrected chi connectivity index (χ3v) is 4.73. The number of aromatic nitrogens is 2. The standard InChI is InChI=1S/C20H30N4O/c1-17-7-8-20(24-10-5-9-21-24)18(14-17)15-23(12-11-22(2)3)16-19-6-4-13-25-19/h5,7-10,14,19H,4,6,11-13,15-16H2,1-3H3/t19-/m0/s1. The second-order valence-electron chi connectivity index (χ2n) is 7.26. The highest BCUT2D eigenvalue weighted by atomic mass is 16.5. The molecule has 1 saturated heterocycles. The van der Waals surface area contributed by atoms with Crippen molar-refractivity contribution in [2.45, 2.75) is 32.4 Å². The highest BCUT2D eigenvalue weighted by molar-refractivity contribution is 5.42. The molecule has 25 heavy (non-hydrogen) atoms. The molecule has 1 fully saturated rings. The zero-order valence-electron chi connectivity index (χ0n) is 15.7. The van der Waals surface area contributed by atoms with Gasteiger partial charge < -0.3 is 9.64 Å². The Morgan fingerprint density at radius 1 is 1.28 bits per heavy atom. The first-order valence-corrected chi connectivity index (χ1v) is 9.20. The largest absolute Gasteiger partial charge is 0.377 e. The number of likely N-dealkylation sites (N-methyl/N-ethyl adjacent to an activating group) is 1. The number of rotatable bonds is 8. The molecule has 0 radical (unpaired) electrons. The van der Waals surface area contributed by atoms with E-state index in [4.69, 9.17) is 4.74 Å². The van der Waals surface area contributed by atoms with E-state index in [-0.39, 0.29) is 0 Å². The number of ether oxygens (including phenoxy) is 1. The minimum Gasteiger partial charge on any atom is -0.377 e. The molecule has 2 heterocycles. The van der Waals surface area contributed by atoms with Gasteiger partial charge in [-0.1, -0.05) is 17.7 Å². The fraction of sp³-hybridized carbons (Fsp3) is 0.550. The molecule has 0 bridgehead atoms. The van der Waals surface area contributed by atoms with Crippen LogP contribution in [-0.4, -0.2) is 66.0 Å². The minimum atomic E-state index is 0.375. The Morgan fingerprint density at radius 3 is 2.84 bits per heavy atom. The summed E-state index contributed by atoms with van der Waals surface area (Å²) in [6.45, 7) is 7.08. The van der Waals surface area contributed by atoms with Gasteiger partial charge in [0, 0.05) is 45.2 Å². The van der Waals surface area contributed by atoms with Gasteiger partial charge in [0.05, 0.1) is 11.8 Å². The first kappa shape index (κ1) is 18.1. The highest BCUT2D eigenvalue weighted by Gasteiger charge is 2.20. The number of benzene rings is 1. The Hall–Kier alpha value is -1.69. The van der Waals surface area contributed by atoms with Crippen LogP contribution in [0.15, 0.2) is 36.7 Å². The van der Waals surface area contributed by atoms with E-state index in [1.54, 1.807) is 0 Å². The normalized spacial score (nSPS) is 17.7. The van der Waals surface area contributed by atoms with Crippen LogP contribution >= 0.6 is 0 Å². The third kappa shape index (κ3) is 5.14. The van der Waals surface area contributed by atoms with Crippen LogP contribution in [-0.2, 0) is 11.3 Å². The minimum absolute atomic E-state index is 0.375. The molecule has 0 unspecified atom stereocenters. The summed E-state index contributed by atoms with van der Waals surface area (Å²) in [5.74, 6) is 0. The molecule has 2 aromatic rings. The summed E-state index contributed by atoms with van der Waals surface area (Å²) >= 11 is 0. The highest BCUT2D eigenvalue weighted by Crippen LogP contribution is 2.20. The van der Waals surface area contributed by atoms with Gasteiger partial charge in [-0.05, 0) is 51.6 Å². The SMILES string of the molecule is Cc1ccc(-n2cccn2)c(CN(CCN(C)C)C[C@@H]2CCCO2)c1. The van der Waals surface area contributed by atoms with Crippen LogP contribution in [0.4, 0.5) is 0 Å². The van der Waals surface area contributed by atoms with E-state index in [2.05, 4.69) is 54.1 Å². The van der Waals surface area contributed by atoms with Crippen molar-refractivity contribution in [3.05, 3.63) is 47.8 Å². The molecule has 1 aliphatic heterocycles. The van der Waals surface area contributed by atoms with E-state index in [1.165, 1.54) is 24.0 Å². The van der Waals surface area contributed by atoms with E-state index < -0.39 is 0 Å². The van der Waals surface area contributed by atoms with Gasteiger partial charge in [0.2, 0.25) is 0 Å². The van der Waals surface area contributed by atoms with Crippen LogP contribution in [0.5, 0.6) is 0 Å². The third-order valence-electron chi connectivity index (χ3n) is 4.73. The molecule has 1 atom stereocenters. The zero-order chi connectivity index (χ0) is 17.6. The predicted molar refractivity (Wildman–Crippen MR) is 101 cm³/mol. The summed E-state index contributed by atoms with van der Waals surface area (Å²) in [6.07, 6.45) is 6.59. The molecule has 3 rings (SSSR count). The average molecular weight is 342 g/mol. The molecule has 136 valence electrons. The van der Waals surface area contributed by atoms with E-state index in [9.17, 15) is 0 Å². The second kappa shape index (κ2) is 8.61. The van der Waals surface area contributed by atoms with E-state index in [1.807, 2.05) is 23.1 Å². The Bertz CT molecular complexity index is 648. The average Bonchev–Trinajstić information content (AvgIpc) is 3.26. The van der Waals surface area contributed by atoms with Crippen molar-refractivity contribution < 1.29 is 4.74 Å². The summed E-state index contributed by atoms with van der Waals surface area (Å²) in [7, 11) is 4.26. The van der Waals surface area contributed by atoms with Gasteiger partial charge in [-0.15, -0.1) is 0 Å². The fourth-order valence-corrected chi connectivity index (χ4v) is 3.37. The van der Waals surface area contributed by atoms with Gasteiger partial charge in [-0.2, -0.15) is 5.10 Å². The first-order chi connectivity index (χ1) is 12.1. The predicted octanol–water partition coefficient (Wildman–Crippen LogP) is 2.72. The smallest absolute Gasteiger partial charge is 0.0702 e. The molecular weight excluding hydrogens is 312 g/mol. The first-order valence-electron chi connectivity index (χ1n) is 9.20. The van der Waals surface area contributed by atoms with Crippen LogP contribution in [0, 0.1) is 6.92 Å². The molecule has 5 heteroatoms. The lowest BCUT2D eigenvalue weighted by Gasteiger charge is -2.27. The lowest BCUT2D eigenvalue weighted by molar-refractivity contribution is 0.0682. The summed E-state index contributed by atoms with van der Waals surface area (Å²) in [4.78, 5) is 4.77. The summed E-state index contributed by atoms with van der Waals surface area (Å²) in [5.41, 5.74) is 3.77. The van der Waals surface area contributed by atoms with E-state index in [0.717, 1.165) is 38.5 Å². The summed E-state index contributed by atoms with van der Waals surface area (Å²) in [5, 5.41) is 4.43. The molecular formula is C20H30N4O. The number of hydrogen-bond acceptors (Lipinski definition) is 4. The molecule has 5 nitrogen and oxygen atoms in total. The van der Waals surface area contributed by atoms with E-state index >= 15 is 0 Å². The van der Waals surface area contributed by atoms with Crippen LogP contribution in [0.3, 0.4) is 0 Å². The molecule has 1 aliphatic rings. The fourth-order valence-electron chi connectivity index (χ4n) is 3.37. The van der Waals surface area contributed by atoms with Crippen LogP contribution < -0.4 is 0 Å². The van der Waals surface area contributed by atoms with Crippen molar-refractivity contribution in [2.75, 3.05) is 40.3 Å². The zero-order valence-corrected chi connectivity index (χ0v) is 15.7. The van der Waals surface area contributed by atoms with Gasteiger partial charge >= 0.3 is 0 Å². The van der Waals surface area contributed by atoms with Crippen molar-refractivity contribution in [1.82, 2.24) is 19.6 Å². The summed E-state index contributed by atoms with van der Waals surface area (Å²) in [6, 6.07) is 8.59. The molecule has 0 aliphatic carbocycles. The van der Waals surface area contributed by atoms with Crippen molar-refractivity contribution in [3.63, 3.8) is 0 Å². The van der Waals surface area contributed by atoms with Crippen LogP contribution in [0.25, 0.3) is 5.69 Å². The molecule has 0 N–H and O–H groups in total. The molecule has 0 amide bonds. The van der Waals surface area contributed by atoms with Crippen molar-refractivity contribution in [2.24, 2.45) is 0 Å². The second-order valence-corrected chi connectivity index (χ2v) is 7.26. The summed E-state index contributed by atoms with van der Waals surface area (Å²) < 4.78 is 7.84. The Kier molecular flexibility index (Phi) is 6.24. The molecule has 0 saturated carbocycles. The van der Waals surface area contributed by atoms with Crippen molar-refractivity contribution in [1.29, 1.82) is 0 Å². The lowest BCUT2D eigenvalue weighted by atomic mass is 10.1. The van der Waals surface area contributed by atoms with Crippen molar-refractivity contribution in [3.8, 4) is 5.69 Å². The molecule has 1 aromatic carbocycles. The van der Waals surface area contributed by atoms with Gasteiger partial charge in [0.1, 0.15) is 0 Å². The Labute approximate surface area is 151 Å². The Balaban J connectivity index is 1.78. The number of nitrogens with zero attached hydrogens (tertiary/aromatic N) is 4. The van der Waals surface area contributed by atoms with Gasteiger partial charge in [0.15, 0.2) is 0 Å². The van der Waals surface area contributed by atoms with Crippen LogP contribution in [0.1, 0.15) is 24.0 Å². The molecule has 1 aromatic heterocycles. The molecule has 0 spiro atoms. The van der Waals surface area contributed by atoms with Crippen LogP contribution in [0.2, 0.25) is 0 Å². The maximum atomic E-state index is 5.88. The van der Waals surface area contributed by atoms with Gasteiger partial charge in [-0.3, -0.25) is 4.90 Å². The van der Waals surface area contributed by atoms with Crippen molar-refractivity contribution >= 4 is 0 Å². The van der Waals surface area contributed by atoms with Gasteiger partial charge in [-0.25, -0.2) is 4.68 Å². The monoisotopic (exact) mass is 342 g/mol. The lowest BCUT2D eigenvalue weighted by Crippen LogP contribution is -2.37. The Morgan fingerprint density at radius 2 is 2.16 bits per heavy atom. The number of aryl methyl sites for hydroxylation is 1. The maximum absolute atomic E-state index is 5.88. The number of hydrogen-bond donors (Lipinski definition) is 0. The maximum Gasteiger partial charge on any atom is 0.0702 e. The topological polar surface area (TPSA) is 33.5 Å². The van der Waals surface area contributed by atoms with Gasteiger partial charge in [0.25, 0.3) is 0 Å². The van der Waals surface area contributed by atoms with E-state index in [0.29, 0.717) is 6.10 Å². The quantitative estimate of drug-likeness (QED) is 0.739.